The highest BCUT2D eigenvalue weighted by Gasteiger charge is 2.31. The summed E-state index contributed by atoms with van der Waals surface area (Å²) in [5.41, 5.74) is 1.90. The van der Waals surface area contributed by atoms with Crippen molar-refractivity contribution >= 4 is 23.3 Å². The molecule has 2 aromatic rings. The minimum atomic E-state index is -0.392. The van der Waals surface area contributed by atoms with Gasteiger partial charge in [-0.25, -0.2) is 4.79 Å². The normalized spacial score (nSPS) is 20.7. The number of hydrogen-bond donors (Lipinski definition) is 3. The lowest BCUT2D eigenvalue weighted by atomic mass is 9.89. The number of anilines is 2. The van der Waals surface area contributed by atoms with E-state index in [0.29, 0.717) is 35.0 Å². The van der Waals surface area contributed by atoms with Crippen LogP contribution in [0.2, 0.25) is 0 Å². The molecular weight excluding hydrogens is 520 g/mol. The van der Waals surface area contributed by atoms with Crippen LogP contribution in [0, 0.1) is 11.8 Å². The van der Waals surface area contributed by atoms with E-state index in [1.165, 1.54) is 32.1 Å². The lowest BCUT2D eigenvalue weighted by molar-refractivity contribution is -0.134. The van der Waals surface area contributed by atoms with Gasteiger partial charge in [-0.3, -0.25) is 4.79 Å². The molecule has 1 aliphatic carbocycles. The highest BCUT2D eigenvalue weighted by molar-refractivity contribution is 6.00. The number of benzene rings is 2. The Labute approximate surface area is 244 Å². The van der Waals surface area contributed by atoms with Crippen LogP contribution in [0.5, 0.6) is 11.5 Å². The molecule has 41 heavy (non-hydrogen) atoms. The molecule has 9 nitrogen and oxygen atoms in total. The zero-order valence-electron chi connectivity index (χ0n) is 24.9. The minimum absolute atomic E-state index is 0.0563. The number of carbonyl (C=O) groups is 2. The molecule has 0 saturated heterocycles. The van der Waals surface area contributed by atoms with Crippen LogP contribution < -0.4 is 20.1 Å². The van der Waals surface area contributed by atoms with E-state index in [4.69, 9.17) is 9.47 Å². The number of carbonyl (C=O) groups excluding carboxylic acids is 2. The first-order chi connectivity index (χ1) is 19.7. The number of hydrogen-bond acceptors (Lipinski definition) is 6. The predicted molar refractivity (Wildman–Crippen MR) is 162 cm³/mol. The molecule has 9 heteroatoms. The third-order valence-electron chi connectivity index (χ3n) is 8.31. The van der Waals surface area contributed by atoms with Gasteiger partial charge in [-0.05, 0) is 75.2 Å². The molecule has 0 aromatic heterocycles. The molecule has 224 valence electrons. The number of methoxy groups -OCH3 is 1. The smallest absolute Gasteiger partial charge is 0.323 e. The van der Waals surface area contributed by atoms with Gasteiger partial charge in [0.25, 0.3) is 0 Å². The van der Waals surface area contributed by atoms with E-state index >= 15 is 0 Å². The van der Waals surface area contributed by atoms with E-state index < -0.39 is 6.03 Å². The highest BCUT2D eigenvalue weighted by atomic mass is 16.5. The Morgan fingerprint density at radius 1 is 1.10 bits per heavy atom. The van der Waals surface area contributed by atoms with Crippen LogP contribution in [0.4, 0.5) is 16.2 Å². The maximum absolute atomic E-state index is 13.5. The predicted octanol–water partition coefficient (Wildman–Crippen LogP) is 5.00. The third-order valence-corrected chi connectivity index (χ3v) is 8.31. The average molecular weight is 567 g/mol. The van der Waals surface area contributed by atoms with Crippen molar-refractivity contribution in [3.63, 3.8) is 0 Å². The van der Waals surface area contributed by atoms with Gasteiger partial charge in [0.05, 0.1) is 26.2 Å². The number of urea groups is 1. The largest absolute Gasteiger partial charge is 0.497 e. The molecule has 1 aliphatic heterocycles. The van der Waals surface area contributed by atoms with Crippen molar-refractivity contribution in [2.75, 3.05) is 51.0 Å². The van der Waals surface area contributed by atoms with Crippen molar-refractivity contribution in [2.24, 2.45) is 11.8 Å². The molecule has 2 aromatic carbocycles. The molecular formula is C32H46N4O5. The Bertz CT molecular complexity index is 1150. The van der Waals surface area contributed by atoms with Gasteiger partial charge in [0.15, 0.2) is 0 Å². The van der Waals surface area contributed by atoms with Crippen LogP contribution in [-0.4, -0.2) is 79.4 Å². The number of likely N-dealkylation sites (N-methyl/N-ethyl adjacent to an activating group) is 1. The van der Waals surface area contributed by atoms with E-state index in [1.54, 1.807) is 48.4 Å². The molecule has 1 saturated carbocycles. The summed E-state index contributed by atoms with van der Waals surface area (Å²) in [6.07, 6.45) is 6.51. The first kappa shape index (κ1) is 30.7. The van der Waals surface area contributed by atoms with Crippen LogP contribution >= 0.6 is 0 Å². The quantitative estimate of drug-likeness (QED) is 0.395. The number of nitrogens with zero attached hydrogens (tertiary/aromatic N) is 2. The topological polar surface area (TPSA) is 103 Å². The maximum Gasteiger partial charge on any atom is 0.323 e. The number of aliphatic hydroxyl groups excluding tert-OH is 1. The zero-order valence-corrected chi connectivity index (χ0v) is 24.9. The summed E-state index contributed by atoms with van der Waals surface area (Å²) >= 11 is 0. The van der Waals surface area contributed by atoms with Gasteiger partial charge < -0.3 is 35.0 Å². The fourth-order valence-electron chi connectivity index (χ4n) is 5.89. The van der Waals surface area contributed by atoms with Gasteiger partial charge in [-0.1, -0.05) is 26.2 Å². The van der Waals surface area contributed by atoms with E-state index in [1.807, 2.05) is 13.0 Å². The molecule has 3 atom stereocenters. The molecule has 3 amide bonds. The summed E-state index contributed by atoms with van der Waals surface area (Å²) in [6, 6.07) is 11.8. The first-order valence-corrected chi connectivity index (χ1v) is 14.9. The van der Waals surface area contributed by atoms with Crippen molar-refractivity contribution < 1.29 is 24.2 Å². The molecule has 0 unspecified atom stereocenters. The van der Waals surface area contributed by atoms with Crippen LogP contribution in [0.3, 0.4) is 0 Å². The molecule has 4 rings (SSSR count). The Hall–Kier alpha value is -3.30. The van der Waals surface area contributed by atoms with Crippen molar-refractivity contribution in [2.45, 2.75) is 64.5 Å². The molecule has 3 N–H and O–H groups in total. The second-order valence-electron chi connectivity index (χ2n) is 11.7. The van der Waals surface area contributed by atoms with Crippen molar-refractivity contribution in [3.8, 4) is 11.5 Å². The van der Waals surface area contributed by atoms with Gasteiger partial charge in [-0.15, -0.1) is 0 Å². The number of amides is 3. The Morgan fingerprint density at radius 3 is 2.46 bits per heavy atom. The molecule has 2 aliphatic rings. The number of nitrogens with one attached hydrogen (secondary N) is 2. The Morgan fingerprint density at radius 2 is 1.78 bits per heavy atom. The molecule has 0 radical (unpaired) electrons. The first-order valence-electron chi connectivity index (χ1n) is 14.9. The van der Waals surface area contributed by atoms with Gasteiger partial charge in [-0.2, -0.15) is 0 Å². The molecule has 0 spiro atoms. The molecule has 1 fully saturated rings. The van der Waals surface area contributed by atoms with E-state index in [2.05, 4.69) is 29.5 Å². The summed E-state index contributed by atoms with van der Waals surface area (Å²) in [7, 11) is 3.75. The minimum Gasteiger partial charge on any atom is -0.497 e. The monoisotopic (exact) mass is 566 g/mol. The summed E-state index contributed by atoms with van der Waals surface area (Å²) in [5.74, 6) is 2.06. The summed E-state index contributed by atoms with van der Waals surface area (Å²) < 4.78 is 11.8. The highest BCUT2D eigenvalue weighted by Crippen LogP contribution is 2.30. The lowest BCUT2D eigenvalue weighted by Crippen LogP contribution is -2.48. The van der Waals surface area contributed by atoms with Crippen LogP contribution in [0.25, 0.3) is 0 Å². The number of aliphatic hydroxyl groups is 1. The molecule has 0 bridgehead atoms. The Balaban J connectivity index is 1.52. The van der Waals surface area contributed by atoms with Crippen LogP contribution in [-0.2, 0) is 11.2 Å². The van der Waals surface area contributed by atoms with Crippen molar-refractivity contribution in [3.05, 3.63) is 48.0 Å². The summed E-state index contributed by atoms with van der Waals surface area (Å²) in [6.45, 7) is 6.18. The lowest BCUT2D eigenvalue weighted by Gasteiger charge is -2.35. The average Bonchev–Trinajstić information content (AvgIpc) is 3.01. The maximum atomic E-state index is 13.5. The second kappa shape index (κ2) is 14.5. The van der Waals surface area contributed by atoms with E-state index in [9.17, 15) is 14.7 Å². The number of fused-ring (bicyclic) bond motifs is 1. The van der Waals surface area contributed by atoms with Gasteiger partial charge in [0.1, 0.15) is 17.6 Å². The Kier molecular flexibility index (Phi) is 10.9. The third kappa shape index (κ3) is 8.60. The van der Waals surface area contributed by atoms with Crippen molar-refractivity contribution in [1.82, 2.24) is 9.80 Å². The second-order valence-corrected chi connectivity index (χ2v) is 11.7. The van der Waals surface area contributed by atoms with Gasteiger partial charge in [0.2, 0.25) is 5.91 Å². The molecule has 1 heterocycles. The van der Waals surface area contributed by atoms with Crippen LogP contribution in [0.1, 0.15) is 51.5 Å². The fourth-order valence-corrected chi connectivity index (χ4v) is 5.89. The summed E-state index contributed by atoms with van der Waals surface area (Å²) in [4.78, 5) is 30.3. The SMILES string of the molecule is COc1ccc(NC(=O)Nc2ccc3c(c2)CC(=O)N([C@H](C)CO)C[C@H](C)[C@@H](CN(C)CC2CCCCC2)O3)cc1. The van der Waals surface area contributed by atoms with Crippen LogP contribution in [0.15, 0.2) is 42.5 Å². The van der Waals surface area contributed by atoms with Gasteiger partial charge >= 0.3 is 6.03 Å². The van der Waals surface area contributed by atoms with E-state index in [0.717, 1.165) is 19.0 Å². The van der Waals surface area contributed by atoms with Crippen molar-refractivity contribution in [1.29, 1.82) is 0 Å². The standard InChI is InChI=1S/C32H46N4O5/c1-22-18-36(23(2)21-37)31(38)17-25-16-27(34-32(39)33-26-10-13-28(40-4)14-11-26)12-15-29(25)41-30(22)20-35(3)19-24-8-6-5-7-9-24/h10-16,22-24,30,37H,5-9,17-21H2,1-4H3,(H2,33,34,39)/t22-,23+,30+/m0/s1. The number of rotatable bonds is 9. The van der Waals surface area contributed by atoms with Gasteiger partial charge in [0, 0.05) is 42.5 Å². The summed E-state index contributed by atoms with van der Waals surface area (Å²) in [5, 5.41) is 15.6. The zero-order chi connectivity index (χ0) is 29.4. The van der Waals surface area contributed by atoms with E-state index in [-0.39, 0.29) is 37.0 Å². The fraction of sp³-hybridized carbons (Fsp3) is 0.562. The number of ether oxygens (including phenoxy) is 2.